The molecule has 4 N–H and O–H groups in total. The van der Waals surface area contributed by atoms with E-state index in [9.17, 15) is 9.50 Å². The lowest BCUT2D eigenvalue weighted by atomic mass is 9.99. The third kappa shape index (κ3) is 3.85. The molecule has 0 bridgehead atoms. The number of aryl methyl sites for hydroxylation is 1. The highest BCUT2D eigenvalue weighted by atomic mass is 19.1. The molecule has 0 radical (unpaired) electrons. The highest BCUT2D eigenvalue weighted by Crippen LogP contribution is 2.39. The van der Waals surface area contributed by atoms with Gasteiger partial charge >= 0.3 is 0 Å². The summed E-state index contributed by atoms with van der Waals surface area (Å²) >= 11 is 0. The minimum Gasteiger partial charge on any atom is -0.385 e. The first-order valence-corrected chi connectivity index (χ1v) is 12.0. The number of nitrogens with zero attached hydrogens (tertiary/aromatic N) is 5. The van der Waals surface area contributed by atoms with E-state index in [-0.39, 0.29) is 5.82 Å². The van der Waals surface area contributed by atoms with Crippen LogP contribution in [0.5, 0.6) is 0 Å². The summed E-state index contributed by atoms with van der Waals surface area (Å²) in [6.07, 6.45) is 5.44. The molecular formula is C26H28FN7O. The van der Waals surface area contributed by atoms with Crippen molar-refractivity contribution in [3.05, 3.63) is 65.4 Å². The number of aliphatic hydroxyl groups is 1. The van der Waals surface area contributed by atoms with Crippen LogP contribution >= 0.6 is 0 Å². The van der Waals surface area contributed by atoms with E-state index in [4.69, 9.17) is 15.8 Å². The van der Waals surface area contributed by atoms with Crippen LogP contribution < -0.4 is 5.73 Å². The second kappa shape index (κ2) is 7.91. The number of fused-ring (bicyclic) bond motifs is 2. The largest absolute Gasteiger partial charge is 0.385 e. The van der Waals surface area contributed by atoms with E-state index >= 15 is 0 Å². The predicted molar refractivity (Wildman–Crippen MR) is 132 cm³/mol. The number of benzene rings is 1. The van der Waals surface area contributed by atoms with Crippen molar-refractivity contribution in [1.29, 1.82) is 0 Å². The number of rotatable bonds is 4. The van der Waals surface area contributed by atoms with Crippen molar-refractivity contribution >= 4 is 16.9 Å². The van der Waals surface area contributed by atoms with Crippen molar-refractivity contribution in [2.24, 2.45) is 5.92 Å². The molecule has 6 rings (SSSR count). The molecule has 1 atom stereocenters. The van der Waals surface area contributed by atoms with Gasteiger partial charge in [-0.15, -0.1) is 0 Å². The molecule has 180 valence electrons. The Morgan fingerprint density at radius 3 is 2.71 bits per heavy atom. The van der Waals surface area contributed by atoms with Crippen molar-refractivity contribution in [1.82, 2.24) is 29.5 Å². The number of nitrogen functional groups attached to an aromatic ring is 1. The first-order chi connectivity index (χ1) is 16.8. The normalized spacial score (nSPS) is 19.2. The van der Waals surface area contributed by atoms with Gasteiger partial charge in [0, 0.05) is 35.3 Å². The lowest BCUT2D eigenvalue weighted by Gasteiger charge is -2.15. The van der Waals surface area contributed by atoms with Gasteiger partial charge in [0.2, 0.25) is 0 Å². The number of hydrogen-bond donors (Lipinski definition) is 3. The van der Waals surface area contributed by atoms with Crippen molar-refractivity contribution in [3.63, 3.8) is 0 Å². The SMILES string of the molecule is Cc1nn(-c2cc(N)[nH]c3c(ccn2)c(-c2ccc(F)cc2)nn3CC2CC2)c2c1C(C)(O)CC2. The Kier molecular flexibility index (Phi) is 4.93. The van der Waals surface area contributed by atoms with E-state index < -0.39 is 5.60 Å². The maximum absolute atomic E-state index is 13.6. The smallest absolute Gasteiger partial charge is 0.157 e. The molecule has 0 saturated heterocycles. The van der Waals surface area contributed by atoms with Crippen LogP contribution in [-0.4, -0.2) is 34.6 Å². The van der Waals surface area contributed by atoms with E-state index in [1.165, 1.54) is 25.0 Å². The van der Waals surface area contributed by atoms with E-state index in [2.05, 4.69) is 10.1 Å². The second-order valence-corrected chi connectivity index (χ2v) is 9.86. The van der Waals surface area contributed by atoms with Crippen LogP contribution in [0.15, 0.2) is 42.6 Å². The van der Waals surface area contributed by atoms with E-state index in [0.717, 1.165) is 45.8 Å². The zero-order valence-corrected chi connectivity index (χ0v) is 19.8. The highest BCUT2D eigenvalue weighted by Gasteiger charge is 2.38. The van der Waals surface area contributed by atoms with Gasteiger partial charge in [-0.3, -0.25) is 0 Å². The number of H-pyrrole nitrogens is 1. The Balaban J connectivity index is 1.55. The number of hydrogen-bond acceptors (Lipinski definition) is 5. The van der Waals surface area contributed by atoms with Gasteiger partial charge in [-0.05, 0) is 75.8 Å². The zero-order valence-electron chi connectivity index (χ0n) is 19.8. The molecule has 0 amide bonds. The van der Waals surface area contributed by atoms with Crippen molar-refractivity contribution in [2.75, 3.05) is 5.73 Å². The first-order valence-electron chi connectivity index (χ1n) is 12.0. The molecule has 0 spiro atoms. The zero-order chi connectivity index (χ0) is 24.3. The quantitative estimate of drug-likeness (QED) is 0.409. The Labute approximate surface area is 201 Å². The van der Waals surface area contributed by atoms with Crippen molar-refractivity contribution < 1.29 is 9.50 Å². The molecule has 1 unspecified atom stereocenters. The van der Waals surface area contributed by atoms with Crippen LogP contribution in [0.25, 0.3) is 28.1 Å². The summed E-state index contributed by atoms with van der Waals surface area (Å²) < 4.78 is 17.3. The summed E-state index contributed by atoms with van der Waals surface area (Å²) in [5.74, 6) is 1.27. The molecule has 2 aliphatic rings. The molecule has 1 saturated carbocycles. The predicted octanol–water partition coefficient (Wildman–Crippen LogP) is 4.33. The third-order valence-corrected chi connectivity index (χ3v) is 6.99. The van der Waals surface area contributed by atoms with Gasteiger partial charge < -0.3 is 15.8 Å². The van der Waals surface area contributed by atoms with Gasteiger partial charge in [-0.25, -0.2) is 18.7 Å². The number of aromatic amines is 1. The maximum atomic E-state index is 13.6. The summed E-state index contributed by atoms with van der Waals surface area (Å²) in [5, 5.41) is 21.2. The monoisotopic (exact) mass is 473 g/mol. The standard InChI is InChI=1S/C26H28FN7O/c1-15-23-20(9-11-26(23,2)35)34(31-15)22-13-21(28)30-25-19(10-12-29-22)24(17-5-7-18(27)8-6-17)32-33(25)14-16-3-4-16/h5-8,10,12-13,16,30,35H,3-4,9,11,14,28H2,1-2H3. The molecule has 8 nitrogen and oxygen atoms in total. The number of nitrogens with two attached hydrogens (primary N) is 1. The van der Waals surface area contributed by atoms with Crippen LogP contribution in [0, 0.1) is 18.7 Å². The summed E-state index contributed by atoms with van der Waals surface area (Å²) in [6.45, 7) is 4.52. The lowest BCUT2D eigenvalue weighted by molar-refractivity contribution is 0.0586. The van der Waals surface area contributed by atoms with Crippen LogP contribution in [0.1, 0.15) is 43.1 Å². The fraction of sp³-hybridized carbons (Fsp3) is 0.346. The molecule has 0 aliphatic heterocycles. The summed E-state index contributed by atoms with van der Waals surface area (Å²) in [4.78, 5) is 8.03. The summed E-state index contributed by atoms with van der Waals surface area (Å²) in [5.41, 5.74) is 10.5. The van der Waals surface area contributed by atoms with E-state index in [0.29, 0.717) is 30.4 Å². The Hall–Kier alpha value is -3.72. The molecule has 35 heavy (non-hydrogen) atoms. The third-order valence-electron chi connectivity index (χ3n) is 6.99. The molecule has 3 aromatic heterocycles. The Morgan fingerprint density at radius 1 is 1.20 bits per heavy atom. The molecule has 9 heteroatoms. The van der Waals surface area contributed by atoms with Crippen LogP contribution in [0.2, 0.25) is 0 Å². The van der Waals surface area contributed by atoms with Gasteiger partial charge in [0.15, 0.2) is 5.82 Å². The minimum absolute atomic E-state index is 0.290. The molecule has 2 aliphatic carbocycles. The van der Waals surface area contributed by atoms with Crippen molar-refractivity contribution in [3.8, 4) is 17.1 Å². The van der Waals surface area contributed by atoms with Crippen molar-refractivity contribution in [2.45, 2.75) is 51.7 Å². The van der Waals surface area contributed by atoms with E-state index in [1.54, 1.807) is 29.1 Å². The number of nitrogens with one attached hydrogen (secondary N) is 1. The Bertz CT molecular complexity index is 1490. The van der Waals surface area contributed by atoms with Gasteiger partial charge in [0.1, 0.15) is 23.0 Å². The van der Waals surface area contributed by atoms with E-state index in [1.807, 2.05) is 24.6 Å². The second-order valence-electron chi connectivity index (χ2n) is 9.86. The molecular weight excluding hydrogens is 445 g/mol. The van der Waals surface area contributed by atoms with Gasteiger partial charge in [0.25, 0.3) is 0 Å². The van der Waals surface area contributed by atoms with Gasteiger partial charge in [0.05, 0.1) is 17.0 Å². The fourth-order valence-corrected chi connectivity index (χ4v) is 5.10. The summed E-state index contributed by atoms with van der Waals surface area (Å²) in [7, 11) is 0. The minimum atomic E-state index is -0.896. The topological polar surface area (TPSA) is 111 Å². The highest BCUT2D eigenvalue weighted by molar-refractivity contribution is 5.91. The van der Waals surface area contributed by atoms with Gasteiger partial charge in [-0.1, -0.05) is 0 Å². The molecule has 1 aromatic carbocycles. The molecule has 3 heterocycles. The average molecular weight is 474 g/mol. The average Bonchev–Trinajstić information content (AvgIpc) is 3.34. The Morgan fingerprint density at radius 2 is 1.97 bits per heavy atom. The number of halogens is 1. The van der Waals surface area contributed by atoms with Crippen LogP contribution in [0.3, 0.4) is 0 Å². The lowest BCUT2D eigenvalue weighted by Crippen LogP contribution is -2.17. The molecule has 1 fully saturated rings. The molecule has 4 aromatic rings. The van der Waals surface area contributed by atoms with Crippen LogP contribution in [-0.2, 0) is 18.6 Å². The maximum Gasteiger partial charge on any atom is 0.157 e. The van der Waals surface area contributed by atoms with Gasteiger partial charge in [-0.2, -0.15) is 10.2 Å². The number of anilines is 1. The first kappa shape index (κ1) is 21.8. The number of aromatic nitrogens is 6. The van der Waals surface area contributed by atoms with Crippen LogP contribution in [0.4, 0.5) is 10.2 Å². The summed E-state index contributed by atoms with van der Waals surface area (Å²) in [6, 6.07) is 9.99. The fourth-order valence-electron chi connectivity index (χ4n) is 5.10.